The molecule has 2 aliphatic heterocycles. The Kier molecular flexibility index (Phi) is 5.48. The van der Waals surface area contributed by atoms with E-state index in [1.807, 2.05) is 27.5 Å². The number of anilines is 2. The van der Waals surface area contributed by atoms with Gasteiger partial charge in [0.1, 0.15) is 10.4 Å². The Balaban J connectivity index is 1.54. The number of halogens is 2. The zero-order chi connectivity index (χ0) is 25.0. The summed E-state index contributed by atoms with van der Waals surface area (Å²) in [5.74, 6) is 0.429. The first kappa shape index (κ1) is 22.7. The molecule has 4 aromatic rings. The molecule has 2 aromatic heterocycles. The van der Waals surface area contributed by atoms with E-state index in [0.29, 0.717) is 54.4 Å². The van der Waals surface area contributed by atoms with Gasteiger partial charge in [-0.2, -0.15) is 0 Å². The summed E-state index contributed by atoms with van der Waals surface area (Å²) in [7, 11) is 0. The van der Waals surface area contributed by atoms with Crippen LogP contribution < -0.4 is 10.2 Å². The molecule has 182 valence electrons. The van der Waals surface area contributed by atoms with Gasteiger partial charge < -0.3 is 15.1 Å². The fourth-order valence-electron chi connectivity index (χ4n) is 4.92. The summed E-state index contributed by atoms with van der Waals surface area (Å²) in [4.78, 5) is 37.5. The zero-order valence-corrected chi connectivity index (χ0v) is 21.0. The molecule has 0 saturated carbocycles. The van der Waals surface area contributed by atoms with Crippen LogP contribution in [0.4, 0.5) is 15.9 Å². The molecule has 0 atom stereocenters. The molecule has 0 unspecified atom stereocenters. The lowest BCUT2D eigenvalue weighted by atomic mass is 10.0. The molecule has 2 amide bonds. The van der Waals surface area contributed by atoms with Gasteiger partial charge in [0.25, 0.3) is 0 Å². The average molecular weight is 549 g/mol. The van der Waals surface area contributed by atoms with Crippen molar-refractivity contribution in [3.8, 4) is 22.5 Å². The Morgan fingerprint density at radius 2 is 1.78 bits per heavy atom. The van der Waals surface area contributed by atoms with Crippen LogP contribution in [0.5, 0.6) is 0 Å². The molecule has 36 heavy (non-hydrogen) atoms. The van der Waals surface area contributed by atoms with Crippen LogP contribution in [0.25, 0.3) is 28.2 Å². The van der Waals surface area contributed by atoms with Crippen molar-refractivity contribution >= 4 is 44.9 Å². The third-order valence-corrected chi connectivity index (χ3v) is 7.29. The van der Waals surface area contributed by atoms with Crippen LogP contribution in [0.2, 0.25) is 0 Å². The number of carbonyl (C=O) groups excluding carboxylic acids is 2. The maximum absolute atomic E-state index is 13.8. The molecule has 0 aliphatic carbocycles. The van der Waals surface area contributed by atoms with Crippen LogP contribution in [-0.2, 0) is 16.0 Å². The minimum atomic E-state index is -0.321. The van der Waals surface area contributed by atoms with Gasteiger partial charge in [0.2, 0.25) is 11.8 Å². The van der Waals surface area contributed by atoms with Crippen LogP contribution in [0.1, 0.15) is 12.5 Å². The number of piperazine rings is 1. The SMILES string of the molecule is CC(=O)N1CCN(c2ncc(Br)n3c(-c4ccc5c(c4)CC(=O)N5)c(-c4ccc(F)cc4)nc23)CC1. The molecule has 0 spiro atoms. The summed E-state index contributed by atoms with van der Waals surface area (Å²) < 4.78 is 16.5. The van der Waals surface area contributed by atoms with Crippen molar-refractivity contribution in [2.45, 2.75) is 13.3 Å². The molecule has 10 heteroatoms. The lowest BCUT2D eigenvalue weighted by molar-refractivity contribution is -0.129. The average Bonchev–Trinajstić information content (AvgIpc) is 3.45. The van der Waals surface area contributed by atoms with Gasteiger partial charge in [-0.15, -0.1) is 0 Å². The maximum atomic E-state index is 13.8. The molecule has 8 nitrogen and oxygen atoms in total. The van der Waals surface area contributed by atoms with Crippen LogP contribution in [-0.4, -0.2) is 57.3 Å². The molecule has 1 N–H and O–H groups in total. The summed E-state index contributed by atoms with van der Waals surface area (Å²) in [5.41, 5.74) is 5.54. The third-order valence-electron chi connectivity index (χ3n) is 6.73. The fourth-order valence-corrected chi connectivity index (χ4v) is 5.36. The van der Waals surface area contributed by atoms with Crippen LogP contribution in [0, 0.1) is 5.82 Å². The van der Waals surface area contributed by atoms with E-state index < -0.39 is 0 Å². The predicted molar refractivity (Wildman–Crippen MR) is 138 cm³/mol. The second-order valence-corrected chi connectivity index (χ2v) is 9.78. The Labute approximate surface area is 214 Å². The van der Waals surface area contributed by atoms with Crippen molar-refractivity contribution in [2.24, 2.45) is 0 Å². The number of imidazole rings is 1. The van der Waals surface area contributed by atoms with Gasteiger partial charge in [-0.1, -0.05) is 6.07 Å². The number of hydrogen-bond acceptors (Lipinski definition) is 5. The number of amides is 2. The van der Waals surface area contributed by atoms with Crippen molar-refractivity contribution in [3.05, 3.63) is 64.6 Å². The van der Waals surface area contributed by atoms with Gasteiger partial charge in [-0.3, -0.25) is 14.0 Å². The summed E-state index contributed by atoms with van der Waals surface area (Å²) >= 11 is 3.66. The first-order valence-corrected chi connectivity index (χ1v) is 12.4. The minimum absolute atomic E-state index is 0.0311. The lowest BCUT2D eigenvalue weighted by Crippen LogP contribution is -2.48. The van der Waals surface area contributed by atoms with Crippen LogP contribution >= 0.6 is 15.9 Å². The molecular weight excluding hydrogens is 527 g/mol. The van der Waals surface area contributed by atoms with E-state index >= 15 is 0 Å². The molecular formula is C26H22BrFN6O2. The number of rotatable bonds is 3. The van der Waals surface area contributed by atoms with E-state index in [1.54, 1.807) is 25.3 Å². The number of fused-ring (bicyclic) bond motifs is 2. The van der Waals surface area contributed by atoms with E-state index in [9.17, 15) is 14.0 Å². The van der Waals surface area contributed by atoms with E-state index in [4.69, 9.17) is 9.97 Å². The Bertz CT molecular complexity index is 1530. The fraction of sp³-hybridized carbons (Fsp3) is 0.231. The van der Waals surface area contributed by atoms with E-state index in [-0.39, 0.29) is 17.6 Å². The lowest BCUT2D eigenvalue weighted by Gasteiger charge is -2.34. The topological polar surface area (TPSA) is 82.8 Å². The number of aromatic nitrogens is 3. The standard InChI is InChI=1S/C26H22BrFN6O2/c1-15(35)32-8-10-33(11-9-32)25-26-31-23(16-2-5-19(28)6-3-16)24(34(26)21(27)14-29-25)17-4-7-20-18(12-17)13-22(36)30-20/h2-7,12,14H,8-11,13H2,1H3,(H,30,36). The predicted octanol–water partition coefficient (Wildman–Crippen LogP) is 4.13. The van der Waals surface area contributed by atoms with Gasteiger partial charge in [0.05, 0.1) is 24.0 Å². The van der Waals surface area contributed by atoms with E-state index in [2.05, 4.69) is 26.1 Å². The second kappa shape index (κ2) is 8.70. The number of nitrogens with one attached hydrogen (secondary N) is 1. The highest BCUT2D eigenvalue weighted by Crippen LogP contribution is 2.39. The minimum Gasteiger partial charge on any atom is -0.350 e. The van der Waals surface area contributed by atoms with E-state index in [1.165, 1.54) is 12.1 Å². The first-order valence-electron chi connectivity index (χ1n) is 11.7. The number of hydrogen-bond donors (Lipinski definition) is 1. The Morgan fingerprint density at radius 3 is 2.50 bits per heavy atom. The van der Waals surface area contributed by atoms with Crippen molar-refractivity contribution in [1.29, 1.82) is 0 Å². The van der Waals surface area contributed by atoms with Crippen LogP contribution in [0.3, 0.4) is 0 Å². The third kappa shape index (κ3) is 3.81. The largest absolute Gasteiger partial charge is 0.350 e. The first-order chi connectivity index (χ1) is 17.4. The normalized spacial score (nSPS) is 15.4. The number of benzene rings is 2. The van der Waals surface area contributed by atoms with Crippen molar-refractivity contribution < 1.29 is 14.0 Å². The molecule has 1 fully saturated rings. The molecule has 2 aromatic carbocycles. The highest BCUT2D eigenvalue weighted by molar-refractivity contribution is 9.10. The number of carbonyl (C=O) groups is 2. The Hall–Kier alpha value is -3.79. The molecule has 0 radical (unpaired) electrons. The molecule has 0 bridgehead atoms. The van der Waals surface area contributed by atoms with Gasteiger partial charge >= 0.3 is 0 Å². The van der Waals surface area contributed by atoms with Crippen molar-refractivity contribution in [2.75, 3.05) is 36.4 Å². The molecule has 1 saturated heterocycles. The van der Waals surface area contributed by atoms with E-state index in [0.717, 1.165) is 28.1 Å². The highest BCUT2D eigenvalue weighted by atomic mass is 79.9. The van der Waals surface area contributed by atoms with Gasteiger partial charge in [-0.25, -0.2) is 14.4 Å². The Morgan fingerprint density at radius 1 is 1.06 bits per heavy atom. The second-order valence-electron chi connectivity index (χ2n) is 8.97. The van der Waals surface area contributed by atoms with Gasteiger partial charge in [0, 0.05) is 49.9 Å². The molecule has 2 aliphatic rings. The van der Waals surface area contributed by atoms with Crippen LogP contribution in [0.15, 0.2) is 53.3 Å². The number of nitrogens with zero attached hydrogens (tertiary/aromatic N) is 5. The smallest absolute Gasteiger partial charge is 0.228 e. The monoisotopic (exact) mass is 548 g/mol. The van der Waals surface area contributed by atoms with Crippen molar-refractivity contribution in [3.63, 3.8) is 0 Å². The summed E-state index contributed by atoms with van der Waals surface area (Å²) in [6, 6.07) is 12.1. The summed E-state index contributed by atoms with van der Waals surface area (Å²) in [6.45, 7) is 4.10. The molecule has 4 heterocycles. The van der Waals surface area contributed by atoms with Gasteiger partial charge in [0.15, 0.2) is 11.5 Å². The van der Waals surface area contributed by atoms with Gasteiger partial charge in [-0.05, 0) is 57.9 Å². The summed E-state index contributed by atoms with van der Waals surface area (Å²) in [5, 5.41) is 2.88. The highest BCUT2D eigenvalue weighted by Gasteiger charge is 2.27. The zero-order valence-electron chi connectivity index (χ0n) is 19.5. The quantitative estimate of drug-likeness (QED) is 0.416. The van der Waals surface area contributed by atoms with Crippen molar-refractivity contribution in [1.82, 2.24) is 19.3 Å². The maximum Gasteiger partial charge on any atom is 0.228 e. The summed E-state index contributed by atoms with van der Waals surface area (Å²) in [6.07, 6.45) is 2.07. The molecule has 6 rings (SSSR count).